The number of hydrogen-bond acceptors (Lipinski definition) is 6. The number of anilines is 1. The van der Waals surface area contributed by atoms with Crippen molar-refractivity contribution in [1.82, 2.24) is 14.8 Å². The highest BCUT2D eigenvalue weighted by Gasteiger charge is 2.28. The molecule has 0 aliphatic heterocycles. The lowest BCUT2D eigenvalue weighted by Crippen LogP contribution is -2.14. The Morgan fingerprint density at radius 1 is 1.17 bits per heavy atom. The van der Waals surface area contributed by atoms with Crippen molar-refractivity contribution in [2.24, 2.45) is 7.05 Å². The number of carbonyl (C=O) groups is 1. The second-order valence-corrected chi connectivity index (χ2v) is 7.72. The second-order valence-electron chi connectivity index (χ2n) is 6.69. The zero-order valence-corrected chi connectivity index (χ0v) is 16.8. The summed E-state index contributed by atoms with van der Waals surface area (Å²) in [5, 5.41) is 18.8. The van der Waals surface area contributed by atoms with Crippen LogP contribution in [0, 0.1) is 24.0 Å². The molecular weight excluding hydrogens is 390 g/mol. The summed E-state index contributed by atoms with van der Waals surface area (Å²) in [5.41, 5.74) is 3.42. The molecule has 9 heteroatoms. The zero-order chi connectivity index (χ0) is 20.7. The molecule has 0 fully saturated rings. The quantitative estimate of drug-likeness (QED) is 0.397. The first-order chi connectivity index (χ1) is 13.8. The van der Waals surface area contributed by atoms with Crippen molar-refractivity contribution in [2.45, 2.75) is 13.8 Å². The van der Waals surface area contributed by atoms with Gasteiger partial charge in [0.1, 0.15) is 10.7 Å². The molecule has 146 valence electrons. The third kappa shape index (κ3) is 3.47. The highest BCUT2D eigenvalue weighted by molar-refractivity contribution is 7.21. The van der Waals surface area contributed by atoms with Gasteiger partial charge in [-0.05, 0) is 55.8 Å². The fourth-order valence-electron chi connectivity index (χ4n) is 3.01. The van der Waals surface area contributed by atoms with E-state index in [1.807, 2.05) is 31.2 Å². The predicted molar refractivity (Wildman–Crippen MR) is 112 cm³/mol. The van der Waals surface area contributed by atoms with Gasteiger partial charge in [-0.3, -0.25) is 19.6 Å². The van der Waals surface area contributed by atoms with E-state index in [1.165, 1.54) is 10.2 Å². The molecule has 2 heterocycles. The van der Waals surface area contributed by atoms with Crippen LogP contribution in [0.1, 0.15) is 21.7 Å². The Kier molecular flexibility index (Phi) is 4.59. The number of nitrogens with zero attached hydrogens (tertiary/aromatic N) is 4. The van der Waals surface area contributed by atoms with Gasteiger partial charge in [-0.15, -0.1) is 11.3 Å². The van der Waals surface area contributed by atoms with Gasteiger partial charge in [-0.2, -0.15) is 5.10 Å². The lowest BCUT2D eigenvalue weighted by Gasteiger charge is -2.04. The van der Waals surface area contributed by atoms with Crippen molar-refractivity contribution in [3.8, 4) is 10.6 Å². The van der Waals surface area contributed by atoms with Gasteiger partial charge >= 0.3 is 5.69 Å². The maximum Gasteiger partial charge on any atom is 0.322 e. The highest BCUT2D eigenvalue weighted by atomic mass is 32.1. The molecule has 1 N–H and O–H groups in total. The molecule has 0 bridgehead atoms. The topological polar surface area (TPSA) is 103 Å². The van der Waals surface area contributed by atoms with Gasteiger partial charge < -0.3 is 5.32 Å². The Hall–Kier alpha value is -3.59. The average Bonchev–Trinajstić information content (AvgIpc) is 3.23. The fraction of sp³-hybridized carbons (Fsp3) is 0.150. The first-order valence-corrected chi connectivity index (χ1v) is 9.62. The number of thiazole rings is 1. The van der Waals surface area contributed by atoms with E-state index in [1.54, 1.807) is 37.4 Å². The lowest BCUT2D eigenvalue weighted by atomic mass is 10.2. The van der Waals surface area contributed by atoms with Crippen molar-refractivity contribution in [1.29, 1.82) is 0 Å². The molecule has 1 amide bonds. The number of carbonyl (C=O) groups excluding carboxylic acids is 1. The van der Waals surface area contributed by atoms with Crippen LogP contribution in [0.25, 0.3) is 20.8 Å². The Labute approximate surface area is 170 Å². The van der Waals surface area contributed by atoms with Crippen LogP contribution in [0.15, 0.2) is 42.5 Å². The number of aryl methyl sites for hydroxylation is 2. The molecular formula is C20H17N5O3S. The highest BCUT2D eigenvalue weighted by Crippen LogP contribution is 2.31. The van der Waals surface area contributed by atoms with E-state index in [9.17, 15) is 14.9 Å². The molecule has 0 atom stereocenters. The van der Waals surface area contributed by atoms with Crippen LogP contribution < -0.4 is 5.32 Å². The molecule has 2 aromatic carbocycles. The lowest BCUT2D eigenvalue weighted by molar-refractivity contribution is -0.385. The van der Waals surface area contributed by atoms with Gasteiger partial charge in [0, 0.05) is 18.3 Å². The number of rotatable bonds is 4. The molecule has 0 unspecified atom stereocenters. The summed E-state index contributed by atoms with van der Waals surface area (Å²) in [4.78, 5) is 27.8. The number of nitrogens with one attached hydrogen (secondary N) is 1. The van der Waals surface area contributed by atoms with Crippen LogP contribution in [0.3, 0.4) is 0 Å². The number of aromatic nitrogens is 3. The van der Waals surface area contributed by atoms with E-state index in [4.69, 9.17) is 0 Å². The Morgan fingerprint density at radius 2 is 1.90 bits per heavy atom. The van der Waals surface area contributed by atoms with Crippen LogP contribution in [0.5, 0.6) is 0 Å². The van der Waals surface area contributed by atoms with E-state index in [0.29, 0.717) is 11.4 Å². The summed E-state index contributed by atoms with van der Waals surface area (Å²) >= 11 is 1.60. The van der Waals surface area contributed by atoms with Crippen molar-refractivity contribution < 1.29 is 9.72 Å². The molecule has 0 radical (unpaired) electrons. The number of fused-ring (bicyclic) bond motifs is 1. The summed E-state index contributed by atoms with van der Waals surface area (Å²) in [6.07, 6.45) is 0. The molecule has 0 spiro atoms. The molecule has 0 saturated carbocycles. The minimum atomic E-state index is -0.622. The number of amides is 1. The number of hydrogen-bond donors (Lipinski definition) is 1. The van der Waals surface area contributed by atoms with Gasteiger partial charge in [-0.25, -0.2) is 4.98 Å². The van der Waals surface area contributed by atoms with Crippen molar-refractivity contribution >= 4 is 38.8 Å². The molecule has 4 aromatic rings. The molecule has 0 aliphatic rings. The standard InChI is InChI=1S/C20H17N5O3S/c1-11-4-9-15-16(10-11)29-20(22-15)13-5-7-14(8-6-13)21-19(26)17-18(25(27)28)12(2)24(3)23-17/h4-10H,1-3H3,(H,21,26). The molecule has 0 aliphatic carbocycles. The Morgan fingerprint density at radius 3 is 2.59 bits per heavy atom. The van der Waals surface area contributed by atoms with Crippen molar-refractivity contribution in [3.63, 3.8) is 0 Å². The van der Waals surface area contributed by atoms with Crippen LogP contribution in [0.4, 0.5) is 11.4 Å². The van der Waals surface area contributed by atoms with Gasteiger partial charge in [0.05, 0.1) is 15.1 Å². The van der Waals surface area contributed by atoms with Gasteiger partial charge in [0.2, 0.25) is 5.69 Å². The molecule has 2 aromatic heterocycles. The smallest absolute Gasteiger partial charge is 0.320 e. The number of benzene rings is 2. The monoisotopic (exact) mass is 407 g/mol. The normalized spacial score (nSPS) is 11.0. The minimum absolute atomic E-state index is 0.208. The largest absolute Gasteiger partial charge is 0.322 e. The van der Waals surface area contributed by atoms with Crippen LogP contribution in [0.2, 0.25) is 0 Å². The van der Waals surface area contributed by atoms with Gasteiger partial charge in [0.25, 0.3) is 5.91 Å². The summed E-state index contributed by atoms with van der Waals surface area (Å²) in [7, 11) is 1.56. The Bertz CT molecular complexity index is 1260. The van der Waals surface area contributed by atoms with E-state index < -0.39 is 10.8 Å². The average molecular weight is 407 g/mol. The van der Waals surface area contributed by atoms with Crippen molar-refractivity contribution in [3.05, 3.63) is 69.5 Å². The molecule has 29 heavy (non-hydrogen) atoms. The van der Waals surface area contributed by atoms with E-state index >= 15 is 0 Å². The second kappa shape index (κ2) is 7.10. The van der Waals surface area contributed by atoms with Crippen LogP contribution >= 0.6 is 11.3 Å². The number of nitro groups is 1. The SMILES string of the molecule is Cc1ccc2nc(-c3ccc(NC(=O)c4nn(C)c(C)c4[N+](=O)[O-])cc3)sc2c1. The summed E-state index contributed by atoms with van der Waals surface area (Å²) in [6.45, 7) is 3.60. The predicted octanol–water partition coefficient (Wildman–Crippen LogP) is 4.47. The van der Waals surface area contributed by atoms with Crippen LogP contribution in [-0.2, 0) is 7.05 Å². The zero-order valence-electron chi connectivity index (χ0n) is 16.0. The summed E-state index contributed by atoms with van der Waals surface area (Å²) in [5.74, 6) is -0.622. The van der Waals surface area contributed by atoms with E-state index in [0.717, 1.165) is 20.8 Å². The third-order valence-electron chi connectivity index (χ3n) is 4.63. The minimum Gasteiger partial charge on any atom is -0.320 e. The first-order valence-electron chi connectivity index (χ1n) is 8.80. The Balaban J connectivity index is 1.57. The molecule has 4 rings (SSSR count). The van der Waals surface area contributed by atoms with E-state index in [-0.39, 0.29) is 11.4 Å². The first kappa shape index (κ1) is 18.8. The fourth-order valence-corrected chi connectivity index (χ4v) is 4.08. The molecule has 8 nitrogen and oxygen atoms in total. The van der Waals surface area contributed by atoms with Gasteiger partial charge in [-0.1, -0.05) is 6.07 Å². The van der Waals surface area contributed by atoms with Gasteiger partial charge in [0.15, 0.2) is 0 Å². The summed E-state index contributed by atoms with van der Waals surface area (Å²) in [6, 6.07) is 13.3. The van der Waals surface area contributed by atoms with Crippen LogP contribution in [-0.4, -0.2) is 25.6 Å². The maximum absolute atomic E-state index is 12.5. The van der Waals surface area contributed by atoms with E-state index in [2.05, 4.69) is 21.5 Å². The summed E-state index contributed by atoms with van der Waals surface area (Å²) < 4.78 is 2.44. The molecule has 0 saturated heterocycles. The maximum atomic E-state index is 12.5. The third-order valence-corrected chi connectivity index (χ3v) is 5.70. The van der Waals surface area contributed by atoms with Crippen molar-refractivity contribution in [2.75, 3.05) is 5.32 Å².